The lowest BCUT2D eigenvalue weighted by Gasteiger charge is -2.39. The number of esters is 1. The first-order valence-electron chi connectivity index (χ1n) is 6.99. The Labute approximate surface area is 98.7 Å². The third-order valence-electron chi connectivity index (χ3n) is 4.40. The van der Waals surface area contributed by atoms with Crippen LogP contribution >= 0.6 is 0 Å². The van der Waals surface area contributed by atoms with Gasteiger partial charge in [-0.2, -0.15) is 0 Å². The van der Waals surface area contributed by atoms with Gasteiger partial charge in [0.15, 0.2) is 0 Å². The van der Waals surface area contributed by atoms with Crippen molar-refractivity contribution in [2.24, 2.45) is 5.92 Å². The lowest BCUT2D eigenvalue weighted by atomic mass is 9.75. The summed E-state index contributed by atoms with van der Waals surface area (Å²) in [6.45, 7) is 1.89. The van der Waals surface area contributed by atoms with Gasteiger partial charge in [-0.15, -0.1) is 0 Å². The zero-order chi connectivity index (χ0) is 11.4. The molecule has 2 rings (SSSR count). The Kier molecular flexibility index (Phi) is 3.88. The van der Waals surface area contributed by atoms with E-state index in [9.17, 15) is 4.79 Å². The van der Waals surface area contributed by atoms with E-state index in [4.69, 9.17) is 4.74 Å². The third kappa shape index (κ3) is 2.41. The van der Waals surface area contributed by atoms with Crippen LogP contribution < -0.4 is 0 Å². The molecule has 2 heteroatoms. The molecule has 2 nitrogen and oxygen atoms in total. The van der Waals surface area contributed by atoms with Gasteiger partial charge in [0.1, 0.15) is 5.60 Å². The van der Waals surface area contributed by atoms with E-state index in [1.807, 2.05) is 6.92 Å². The Morgan fingerprint density at radius 2 is 1.75 bits per heavy atom. The van der Waals surface area contributed by atoms with Gasteiger partial charge < -0.3 is 4.74 Å². The summed E-state index contributed by atoms with van der Waals surface area (Å²) in [7, 11) is 0. The van der Waals surface area contributed by atoms with Crippen LogP contribution in [0.15, 0.2) is 0 Å². The molecular formula is C14H24O2. The maximum absolute atomic E-state index is 11.6. The molecule has 0 unspecified atom stereocenters. The summed E-state index contributed by atoms with van der Waals surface area (Å²) < 4.78 is 5.85. The second-order valence-corrected chi connectivity index (χ2v) is 5.43. The van der Waals surface area contributed by atoms with Crippen LogP contribution in [0.4, 0.5) is 0 Å². The Morgan fingerprint density at radius 1 is 1.12 bits per heavy atom. The van der Waals surface area contributed by atoms with Crippen molar-refractivity contribution >= 4 is 5.97 Å². The highest BCUT2D eigenvalue weighted by Crippen LogP contribution is 2.45. The molecule has 16 heavy (non-hydrogen) atoms. The highest BCUT2D eigenvalue weighted by molar-refractivity contribution is 5.69. The van der Waals surface area contributed by atoms with Crippen LogP contribution in [0.2, 0.25) is 0 Å². The highest BCUT2D eigenvalue weighted by atomic mass is 16.6. The third-order valence-corrected chi connectivity index (χ3v) is 4.40. The van der Waals surface area contributed by atoms with E-state index in [1.165, 1.54) is 44.9 Å². The number of carbonyl (C=O) groups excluding carboxylic acids is 1. The first kappa shape index (κ1) is 11.9. The van der Waals surface area contributed by atoms with Gasteiger partial charge in [-0.3, -0.25) is 4.79 Å². The Balaban J connectivity index is 2.04. The van der Waals surface area contributed by atoms with Gasteiger partial charge in [-0.05, 0) is 44.4 Å². The summed E-state index contributed by atoms with van der Waals surface area (Å²) in [5.74, 6) is 0.659. The van der Waals surface area contributed by atoms with Gasteiger partial charge in [0, 0.05) is 6.42 Å². The fourth-order valence-electron chi connectivity index (χ4n) is 3.49. The standard InChI is InChI=1S/C14H24O2/c1-2-13(15)16-14(10-6-7-11-14)12-8-4-3-5-9-12/h12H,2-11H2,1H3. The molecule has 0 aromatic carbocycles. The van der Waals surface area contributed by atoms with Gasteiger partial charge in [0.25, 0.3) is 0 Å². The van der Waals surface area contributed by atoms with Crippen molar-refractivity contribution in [2.45, 2.75) is 76.7 Å². The predicted octanol–water partition coefficient (Wildman–Crippen LogP) is 3.83. The van der Waals surface area contributed by atoms with Gasteiger partial charge in [-0.25, -0.2) is 0 Å². The number of ether oxygens (including phenoxy) is 1. The average molecular weight is 224 g/mol. The second-order valence-electron chi connectivity index (χ2n) is 5.43. The molecule has 2 aliphatic carbocycles. The minimum absolute atomic E-state index is 0.00692. The van der Waals surface area contributed by atoms with Crippen LogP contribution in [-0.2, 0) is 9.53 Å². The second kappa shape index (κ2) is 5.20. The summed E-state index contributed by atoms with van der Waals surface area (Å²) in [6, 6.07) is 0. The Morgan fingerprint density at radius 3 is 2.31 bits per heavy atom. The zero-order valence-electron chi connectivity index (χ0n) is 10.5. The molecule has 0 saturated heterocycles. The molecule has 0 N–H and O–H groups in total. The highest BCUT2D eigenvalue weighted by Gasteiger charge is 2.44. The number of carbonyl (C=O) groups is 1. The van der Waals surface area contributed by atoms with E-state index >= 15 is 0 Å². The summed E-state index contributed by atoms with van der Waals surface area (Å²) in [4.78, 5) is 11.6. The van der Waals surface area contributed by atoms with Crippen LogP contribution in [0, 0.1) is 5.92 Å². The van der Waals surface area contributed by atoms with Gasteiger partial charge in [0.2, 0.25) is 0 Å². The van der Waals surface area contributed by atoms with Crippen LogP contribution in [0.25, 0.3) is 0 Å². The molecule has 0 bridgehead atoms. The smallest absolute Gasteiger partial charge is 0.306 e. The van der Waals surface area contributed by atoms with Crippen LogP contribution in [0.1, 0.15) is 71.1 Å². The summed E-state index contributed by atoms with van der Waals surface area (Å²) in [5.41, 5.74) is -0.0620. The minimum Gasteiger partial charge on any atom is -0.459 e. The van der Waals surface area contributed by atoms with Crippen molar-refractivity contribution in [2.75, 3.05) is 0 Å². The van der Waals surface area contributed by atoms with Crippen molar-refractivity contribution in [1.82, 2.24) is 0 Å². The molecule has 0 radical (unpaired) electrons. The molecule has 0 aliphatic heterocycles. The molecule has 2 aliphatic rings. The largest absolute Gasteiger partial charge is 0.459 e. The first-order valence-corrected chi connectivity index (χ1v) is 6.99. The number of hydrogen-bond donors (Lipinski definition) is 0. The lowest BCUT2D eigenvalue weighted by Crippen LogP contribution is -2.41. The molecule has 2 saturated carbocycles. The van der Waals surface area contributed by atoms with Crippen molar-refractivity contribution in [3.05, 3.63) is 0 Å². The van der Waals surface area contributed by atoms with E-state index in [-0.39, 0.29) is 11.6 Å². The van der Waals surface area contributed by atoms with Crippen LogP contribution in [0.3, 0.4) is 0 Å². The number of hydrogen-bond acceptors (Lipinski definition) is 2. The van der Waals surface area contributed by atoms with Gasteiger partial charge in [-0.1, -0.05) is 26.2 Å². The lowest BCUT2D eigenvalue weighted by molar-refractivity contribution is -0.167. The first-order chi connectivity index (χ1) is 7.77. The van der Waals surface area contributed by atoms with Gasteiger partial charge >= 0.3 is 5.97 Å². The van der Waals surface area contributed by atoms with Crippen molar-refractivity contribution < 1.29 is 9.53 Å². The van der Waals surface area contributed by atoms with Crippen molar-refractivity contribution in [3.8, 4) is 0 Å². The Hall–Kier alpha value is -0.530. The molecular weight excluding hydrogens is 200 g/mol. The topological polar surface area (TPSA) is 26.3 Å². The van der Waals surface area contributed by atoms with E-state index in [0.29, 0.717) is 12.3 Å². The molecule has 0 heterocycles. The fraction of sp³-hybridized carbons (Fsp3) is 0.929. The summed E-state index contributed by atoms with van der Waals surface area (Å²) >= 11 is 0. The summed E-state index contributed by atoms with van der Waals surface area (Å²) in [6.07, 6.45) is 11.8. The molecule has 0 aromatic heterocycles. The average Bonchev–Trinajstić information content (AvgIpc) is 2.80. The normalized spacial score (nSPS) is 25.6. The molecule has 2 fully saturated rings. The molecule has 0 aromatic rings. The quantitative estimate of drug-likeness (QED) is 0.681. The maximum atomic E-state index is 11.6. The predicted molar refractivity (Wildman–Crippen MR) is 64.2 cm³/mol. The van der Waals surface area contributed by atoms with Crippen LogP contribution in [0.5, 0.6) is 0 Å². The van der Waals surface area contributed by atoms with E-state index in [1.54, 1.807) is 0 Å². The van der Waals surface area contributed by atoms with E-state index in [2.05, 4.69) is 0 Å². The zero-order valence-corrected chi connectivity index (χ0v) is 10.5. The molecule has 0 atom stereocenters. The monoisotopic (exact) mass is 224 g/mol. The fourth-order valence-corrected chi connectivity index (χ4v) is 3.49. The molecule has 0 spiro atoms. The van der Waals surface area contributed by atoms with E-state index < -0.39 is 0 Å². The molecule has 92 valence electrons. The van der Waals surface area contributed by atoms with Crippen molar-refractivity contribution in [3.63, 3.8) is 0 Å². The van der Waals surface area contributed by atoms with Crippen LogP contribution in [-0.4, -0.2) is 11.6 Å². The SMILES string of the molecule is CCC(=O)OC1(C2CCCCC2)CCCC1. The van der Waals surface area contributed by atoms with E-state index in [0.717, 1.165) is 12.8 Å². The number of rotatable bonds is 3. The maximum Gasteiger partial charge on any atom is 0.306 e. The minimum atomic E-state index is -0.0620. The summed E-state index contributed by atoms with van der Waals surface area (Å²) in [5, 5.41) is 0. The van der Waals surface area contributed by atoms with Gasteiger partial charge in [0.05, 0.1) is 0 Å². The van der Waals surface area contributed by atoms with Crippen molar-refractivity contribution in [1.29, 1.82) is 0 Å². The molecule has 0 amide bonds. The Bertz CT molecular complexity index is 235.